The van der Waals surface area contributed by atoms with Crippen LogP contribution in [-0.2, 0) is 14.6 Å². The zero-order valence-corrected chi connectivity index (χ0v) is 13.4. The lowest BCUT2D eigenvalue weighted by Gasteiger charge is -2.33. The van der Waals surface area contributed by atoms with E-state index in [1.54, 1.807) is 36.0 Å². The van der Waals surface area contributed by atoms with E-state index in [0.717, 1.165) is 11.3 Å². The second kappa shape index (κ2) is 6.53. The van der Waals surface area contributed by atoms with E-state index in [1.807, 2.05) is 6.07 Å². The molecule has 0 aromatic heterocycles. The first-order valence-electron chi connectivity index (χ1n) is 6.49. The highest BCUT2D eigenvalue weighted by atomic mass is 32.2. The van der Waals surface area contributed by atoms with Crippen LogP contribution in [0.2, 0.25) is 0 Å². The van der Waals surface area contributed by atoms with Crippen LogP contribution < -0.4 is 5.73 Å². The van der Waals surface area contributed by atoms with Gasteiger partial charge >= 0.3 is 0 Å². The number of anilines is 1. The number of nitrogens with two attached hydrogens (primary N) is 1. The van der Waals surface area contributed by atoms with Crippen LogP contribution in [0.1, 0.15) is 5.56 Å². The first-order valence-corrected chi connectivity index (χ1v) is 9.60. The van der Waals surface area contributed by atoms with Crippen LogP contribution >= 0.6 is 11.8 Å². The van der Waals surface area contributed by atoms with Gasteiger partial charge in [0.25, 0.3) is 0 Å². The molecular weight excluding hydrogens is 308 g/mol. The summed E-state index contributed by atoms with van der Waals surface area (Å²) in [5.74, 6) is 0.897. The number of carbonyl (C=O) groups excluding carboxylic acids is 1. The molecule has 1 heterocycles. The fraction of sp³-hybridized carbons (Fsp3) is 0.357. The van der Waals surface area contributed by atoms with Crippen molar-refractivity contribution in [1.29, 1.82) is 0 Å². The Labute approximate surface area is 129 Å². The number of carbonyl (C=O) groups is 1. The van der Waals surface area contributed by atoms with Crippen molar-refractivity contribution in [2.24, 2.45) is 0 Å². The molecule has 5 nitrogen and oxygen atoms in total. The highest BCUT2D eigenvalue weighted by Crippen LogP contribution is 2.21. The van der Waals surface area contributed by atoms with E-state index < -0.39 is 15.2 Å². The standard InChI is InChI=1S/C14H18N2O3S2/c1-21(18,19)14-10-20-8-7-16(14)13(17)6-5-11-3-2-4-12(15)9-11/h2-6,9,14H,7-8,10,15H2,1H3/b6-5+. The third kappa shape index (κ3) is 4.25. The molecule has 7 heteroatoms. The van der Waals surface area contributed by atoms with Gasteiger partial charge in [0.1, 0.15) is 5.37 Å². The molecule has 1 atom stereocenters. The van der Waals surface area contributed by atoms with Gasteiger partial charge in [0, 0.05) is 36.1 Å². The smallest absolute Gasteiger partial charge is 0.247 e. The number of nitrogen functional groups attached to an aromatic ring is 1. The van der Waals surface area contributed by atoms with Gasteiger partial charge in [-0.3, -0.25) is 4.79 Å². The fourth-order valence-electron chi connectivity index (χ4n) is 2.11. The van der Waals surface area contributed by atoms with Crippen LogP contribution in [0.4, 0.5) is 5.69 Å². The molecule has 1 amide bonds. The van der Waals surface area contributed by atoms with E-state index in [1.165, 1.54) is 17.2 Å². The van der Waals surface area contributed by atoms with Crippen LogP contribution in [0.15, 0.2) is 30.3 Å². The molecule has 0 aliphatic carbocycles. The maximum absolute atomic E-state index is 12.2. The Morgan fingerprint density at radius 3 is 2.90 bits per heavy atom. The molecule has 114 valence electrons. The molecule has 1 unspecified atom stereocenters. The molecule has 1 aliphatic rings. The maximum atomic E-state index is 12.2. The lowest BCUT2D eigenvalue weighted by Crippen LogP contribution is -2.49. The highest BCUT2D eigenvalue weighted by molar-refractivity contribution is 8.00. The molecule has 0 radical (unpaired) electrons. The number of sulfone groups is 1. The summed E-state index contributed by atoms with van der Waals surface area (Å²) < 4.78 is 23.5. The van der Waals surface area contributed by atoms with Gasteiger partial charge in [-0.2, -0.15) is 11.8 Å². The molecule has 21 heavy (non-hydrogen) atoms. The zero-order valence-electron chi connectivity index (χ0n) is 11.7. The van der Waals surface area contributed by atoms with Gasteiger partial charge in [-0.25, -0.2) is 8.42 Å². The molecule has 0 saturated carbocycles. The molecular formula is C14H18N2O3S2. The summed E-state index contributed by atoms with van der Waals surface area (Å²) in [6.07, 6.45) is 4.23. The van der Waals surface area contributed by atoms with Crippen molar-refractivity contribution in [3.8, 4) is 0 Å². The van der Waals surface area contributed by atoms with Crippen LogP contribution in [0.25, 0.3) is 6.08 Å². The second-order valence-electron chi connectivity index (χ2n) is 4.89. The Morgan fingerprint density at radius 1 is 1.48 bits per heavy atom. The van der Waals surface area contributed by atoms with Gasteiger partial charge in [-0.05, 0) is 23.8 Å². The third-order valence-corrected chi connectivity index (χ3v) is 5.83. The van der Waals surface area contributed by atoms with Crippen molar-refractivity contribution in [3.63, 3.8) is 0 Å². The largest absolute Gasteiger partial charge is 0.399 e. The topological polar surface area (TPSA) is 80.5 Å². The number of hydrogen-bond acceptors (Lipinski definition) is 5. The second-order valence-corrected chi connectivity index (χ2v) is 8.25. The van der Waals surface area contributed by atoms with Crippen LogP contribution in [0.5, 0.6) is 0 Å². The number of thioether (sulfide) groups is 1. The fourth-order valence-corrected chi connectivity index (χ4v) is 4.94. The van der Waals surface area contributed by atoms with Crippen molar-refractivity contribution in [2.75, 3.05) is 30.0 Å². The number of amides is 1. The minimum Gasteiger partial charge on any atom is -0.399 e. The van der Waals surface area contributed by atoms with Gasteiger partial charge in [0.15, 0.2) is 9.84 Å². The van der Waals surface area contributed by atoms with E-state index in [4.69, 9.17) is 5.73 Å². The summed E-state index contributed by atoms with van der Waals surface area (Å²) >= 11 is 1.55. The van der Waals surface area contributed by atoms with Gasteiger partial charge in [0.05, 0.1) is 0 Å². The van der Waals surface area contributed by atoms with Gasteiger partial charge in [-0.1, -0.05) is 12.1 Å². The average molecular weight is 326 g/mol. The summed E-state index contributed by atoms with van der Waals surface area (Å²) in [5.41, 5.74) is 7.10. The van der Waals surface area contributed by atoms with Gasteiger partial charge in [0.2, 0.25) is 5.91 Å². The zero-order chi connectivity index (χ0) is 15.5. The van der Waals surface area contributed by atoms with Crippen LogP contribution in [0, 0.1) is 0 Å². The van der Waals surface area contributed by atoms with E-state index in [0.29, 0.717) is 18.0 Å². The van der Waals surface area contributed by atoms with Crippen LogP contribution in [-0.4, -0.2) is 48.9 Å². The van der Waals surface area contributed by atoms with Gasteiger partial charge in [-0.15, -0.1) is 0 Å². The summed E-state index contributed by atoms with van der Waals surface area (Å²) in [4.78, 5) is 13.7. The molecule has 2 N–H and O–H groups in total. The lowest BCUT2D eigenvalue weighted by atomic mass is 10.2. The number of rotatable bonds is 3. The molecule has 0 bridgehead atoms. The minimum absolute atomic E-state index is 0.284. The average Bonchev–Trinajstić information content (AvgIpc) is 2.44. The minimum atomic E-state index is -3.28. The Morgan fingerprint density at radius 2 is 2.24 bits per heavy atom. The molecule has 1 aliphatic heterocycles. The molecule has 1 aromatic rings. The predicted octanol–water partition coefficient (Wildman–Crippen LogP) is 1.23. The monoisotopic (exact) mass is 326 g/mol. The highest BCUT2D eigenvalue weighted by Gasteiger charge is 2.33. The summed E-state index contributed by atoms with van der Waals surface area (Å²) in [6, 6.07) is 7.15. The predicted molar refractivity (Wildman–Crippen MR) is 87.6 cm³/mol. The van der Waals surface area contributed by atoms with Crippen molar-refractivity contribution in [1.82, 2.24) is 4.90 Å². The Balaban J connectivity index is 2.14. The maximum Gasteiger partial charge on any atom is 0.247 e. The van der Waals surface area contributed by atoms with E-state index in [-0.39, 0.29) is 5.91 Å². The molecule has 1 fully saturated rings. The Hall–Kier alpha value is -1.47. The quantitative estimate of drug-likeness (QED) is 0.667. The summed E-state index contributed by atoms with van der Waals surface area (Å²) in [6.45, 7) is 0.447. The first kappa shape index (κ1) is 15.9. The summed E-state index contributed by atoms with van der Waals surface area (Å²) in [5, 5.41) is -0.741. The Kier molecular flexibility index (Phi) is 4.95. The lowest BCUT2D eigenvalue weighted by molar-refractivity contribution is -0.126. The molecule has 2 rings (SSSR count). The number of nitrogens with zero attached hydrogens (tertiary/aromatic N) is 1. The first-order chi connectivity index (χ1) is 9.88. The van der Waals surface area contributed by atoms with Crippen molar-refractivity contribution in [2.45, 2.75) is 5.37 Å². The SMILES string of the molecule is CS(=O)(=O)C1CSCCN1C(=O)/C=C/c1cccc(N)c1. The van der Waals surface area contributed by atoms with E-state index in [2.05, 4.69) is 0 Å². The van der Waals surface area contributed by atoms with Crippen molar-refractivity contribution in [3.05, 3.63) is 35.9 Å². The van der Waals surface area contributed by atoms with Crippen molar-refractivity contribution >= 4 is 39.3 Å². The molecule has 1 saturated heterocycles. The summed E-state index contributed by atoms with van der Waals surface area (Å²) in [7, 11) is -3.28. The van der Waals surface area contributed by atoms with Crippen molar-refractivity contribution < 1.29 is 13.2 Å². The van der Waals surface area contributed by atoms with E-state index in [9.17, 15) is 13.2 Å². The molecule has 0 spiro atoms. The number of benzene rings is 1. The van der Waals surface area contributed by atoms with E-state index >= 15 is 0 Å². The van der Waals surface area contributed by atoms with Crippen LogP contribution in [0.3, 0.4) is 0 Å². The molecule has 1 aromatic carbocycles. The normalized spacial score (nSPS) is 19.9. The number of hydrogen-bond donors (Lipinski definition) is 1. The van der Waals surface area contributed by atoms with Gasteiger partial charge < -0.3 is 10.6 Å². The third-order valence-electron chi connectivity index (χ3n) is 3.19. The Bertz CT molecular complexity index is 656.